The van der Waals surface area contributed by atoms with Crippen molar-refractivity contribution in [2.24, 2.45) is 0 Å². The number of rotatable bonds is 5. The van der Waals surface area contributed by atoms with Crippen LogP contribution in [-0.4, -0.2) is 45.2 Å². The first kappa shape index (κ1) is 17.9. The number of hydrogen-bond acceptors (Lipinski definition) is 6. The van der Waals surface area contributed by atoms with E-state index in [1.54, 1.807) is 21.7 Å². The number of imidazole rings is 1. The molecule has 2 aromatic heterocycles. The summed E-state index contributed by atoms with van der Waals surface area (Å²) in [5.74, 6) is 0.486. The number of anilines is 2. The zero-order chi connectivity index (χ0) is 18.1. The molecular weight excluding hydrogens is 385 g/mol. The van der Waals surface area contributed by atoms with E-state index in [9.17, 15) is 9.59 Å². The van der Waals surface area contributed by atoms with Crippen molar-refractivity contribution in [3.63, 3.8) is 0 Å². The average molecular weight is 400 g/mol. The first-order chi connectivity index (χ1) is 11.9. The van der Waals surface area contributed by atoms with Gasteiger partial charge in [0, 0.05) is 18.3 Å². The Labute approximate surface area is 158 Å². The maximum absolute atomic E-state index is 12.3. The molecule has 132 valence electrons. The van der Waals surface area contributed by atoms with Gasteiger partial charge < -0.3 is 14.8 Å². The standard InChI is InChI=1S/C15H15Cl2N5O2S/c1-8-13(24)12-14(21(8)2)19-7-22(12)6-11(23)20-15-18-5-10(25-15)3-9(17)4-16/h3,5,7-8H,4,6H2,1-2H3,(H,18,20,23)/b9-3-. The highest BCUT2D eigenvalue weighted by Crippen LogP contribution is 2.29. The van der Waals surface area contributed by atoms with E-state index in [1.165, 1.54) is 17.7 Å². The lowest BCUT2D eigenvalue weighted by atomic mass is 10.2. The molecule has 3 rings (SSSR count). The van der Waals surface area contributed by atoms with Gasteiger partial charge in [0.05, 0.1) is 23.1 Å². The van der Waals surface area contributed by atoms with Gasteiger partial charge in [0.25, 0.3) is 0 Å². The van der Waals surface area contributed by atoms with Crippen LogP contribution in [0.25, 0.3) is 6.08 Å². The van der Waals surface area contributed by atoms with Gasteiger partial charge in [-0.3, -0.25) is 9.59 Å². The first-order valence-electron chi connectivity index (χ1n) is 7.40. The number of hydrogen-bond donors (Lipinski definition) is 1. The number of thiazole rings is 1. The van der Waals surface area contributed by atoms with Gasteiger partial charge in [0.1, 0.15) is 12.2 Å². The molecule has 1 aliphatic rings. The van der Waals surface area contributed by atoms with Crippen LogP contribution in [0.5, 0.6) is 0 Å². The number of nitrogens with one attached hydrogen (secondary N) is 1. The number of aromatic nitrogens is 3. The van der Waals surface area contributed by atoms with Crippen LogP contribution in [-0.2, 0) is 11.3 Å². The summed E-state index contributed by atoms with van der Waals surface area (Å²) in [6.07, 6.45) is 4.80. The second-order valence-electron chi connectivity index (χ2n) is 5.54. The molecule has 10 heteroatoms. The molecule has 0 bridgehead atoms. The number of halogens is 2. The van der Waals surface area contributed by atoms with Crippen LogP contribution in [0.1, 0.15) is 22.3 Å². The fraction of sp³-hybridized carbons (Fsp3) is 0.333. The van der Waals surface area contributed by atoms with Gasteiger partial charge in [-0.1, -0.05) is 22.9 Å². The Morgan fingerprint density at radius 2 is 2.24 bits per heavy atom. The highest BCUT2D eigenvalue weighted by atomic mass is 35.5. The molecular formula is C15H15Cl2N5O2S. The maximum atomic E-state index is 12.3. The number of allylic oxidation sites excluding steroid dienone is 1. The molecule has 0 aromatic carbocycles. The molecule has 1 unspecified atom stereocenters. The lowest BCUT2D eigenvalue weighted by molar-refractivity contribution is -0.116. The summed E-state index contributed by atoms with van der Waals surface area (Å²) in [5.41, 5.74) is 0.460. The van der Waals surface area contributed by atoms with Crippen LogP contribution in [0.15, 0.2) is 17.6 Å². The Bertz CT molecular complexity index is 860. The van der Waals surface area contributed by atoms with Gasteiger partial charge in [-0.2, -0.15) is 0 Å². The van der Waals surface area contributed by atoms with Crippen LogP contribution < -0.4 is 10.2 Å². The lowest BCUT2D eigenvalue weighted by Gasteiger charge is -2.14. The third kappa shape index (κ3) is 3.56. The zero-order valence-corrected chi connectivity index (χ0v) is 15.8. The average Bonchev–Trinajstić information content (AvgIpc) is 3.24. The van der Waals surface area contributed by atoms with E-state index in [4.69, 9.17) is 23.2 Å². The normalized spacial score (nSPS) is 17.1. The Hall–Kier alpha value is -1.90. The van der Waals surface area contributed by atoms with Crippen molar-refractivity contribution in [1.29, 1.82) is 0 Å². The van der Waals surface area contributed by atoms with Crippen molar-refractivity contribution >= 4 is 63.3 Å². The molecule has 0 saturated carbocycles. The molecule has 1 atom stereocenters. The smallest absolute Gasteiger partial charge is 0.246 e. The van der Waals surface area contributed by atoms with Crippen molar-refractivity contribution in [3.8, 4) is 0 Å². The van der Waals surface area contributed by atoms with Gasteiger partial charge in [0.15, 0.2) is 10.9 Å². The summed E-state index contributed by atoms with van der Waals surface area (Å²) in [4.78, 5) is 35.5. The molecule has 3 heterocycles. The molecule has 2 aromatic rings. The number of ketones is 1. The van der Waals surface area contributed by atoms with E-state index >= 15 is 0 Å². The van der Waals surface area contributed by atoms with E-state index in [2.05, 4.69) is 15.3 Å². The first-order valence-corrected chi connectivity index (χ1v) is 9.13. The Morgan fingerprint density at radius 1 is 1.48 bits per heavy atom. The van der Waals surface area contributed by atoms with E-state index in [0.29, 0.717) is 21.7 Å². The van der Waals surface area contributed by atoms with Crippen LogP contribution in [0.2, 0.25) is 0 Å². The number of Topliss-reactive ketones (excluding diaryl/α,β-unsaturated/α-hetero) is 1. The quantitative estimate of drug-likeness (QED) is 0.781. The summed E-state index contributed by atoms with van der Waals surface area (Å²) in [7, 11) is 1.81. The predicted molar refractivity (Wildman–Crippen MR) is 99.7 cm³/mol. The number of amides is 1. The number of carbonyl (C=O) groups excluding carboxylic acids is 2. The molecule has 0 spiro atoms. The van der Waals surface area contributed by atoms with Gasteiger partial charge in [-0.25, -0.2) is 9.97 Å². The van der Waals surface area contributed by atoms with Crippen molar-refractivity contribution < 1.29 is 9.59 Å². The largest absolute Gasteiger partial charge is 0.348 e. The third-order valence-electron chi connectivity index (χ3n) is 3.86. The summed E-state index contributed by atoms with van der Waals surface area (Å²) in [5, 5.41) is 3.65. The van der Waals surface area contributed by atoms with E-state index in [-0.39, 0.29) is 30.2 Å². The van der Waals surface area contributed by atoms with Gasteiger partial charge in [-0.15, -0.1) is 11.6 Å². The molecule has 1 aliphatic heterocycles. The van der Waals surface area contributed by atoms with Crippen LogP contribution >= 0.6 is 34.5 Å². The number of nitrogens with zero attached hydrogens (tertiary/aromatic N) is 4. The SMILES string of the molecule is CC1C(=O)c2c(ncn2CC(=O)Nc2ncc(/C=C(\Cl)CCl)s2)N1C. The molecule has 1 amide bonds. The molecule has 1 N–H and O–H groups in total. The van der Waals surface area contributed by atoms with Gasteiger partial charge in [-0.05, 0) is 13.0 Å². The molecule has 7 nitrogen and oxygen atoms in total. The number of carbonyl (C=O) groups is 2. The number of likely N-dealkylation sites (N-methyl/N-ethyl adjacent to an activating group) is 1. The summed E-state index contributed by atoms with van der Waals surface area (Å²) >= 11 is 12.8. The third-order valence-corrected chi connectivity index (χ3v) is 5.38. The summed E-state index contributed by atoms with van der Waals surface area (Å²) in [6.45, 7) is 1.80. The second kappa shape index (κ2) is 7.15. The zero-order valence-electron chi connectivity index (χ0n) is 13.5. The number of alkyl halides is 1. The van der Waals surface area contributed by atoms with Crippen LogP contribution in [0.3, 0.4) is 0 Å². The minimum Gasteiger partial charge on any atom is -0.348 e. The second-order valence-corrected chi connectivity index (χ2v) is 7.35. The Morgan fingerprint density at radius 3 is 2.96 bits per heavy atom. The molecule has 0 fully saturated rings. The monoisotopic (exact) mass is 399 g/mol. The van der Waals surface area contributed by atoms with Gasteiger partial charge in [0.2, 0.25) is 11.7 Å². The predicted octanol–water partition coefficient (Wildman–Crippen LogP) is 2.82. The van der Waals surface area contributed by atoms with Crippen LogP contribution in [0.4, 0.5) is 10.9 Å². The maximum Gasteiger partial charge on any atom is 0.246 e. The summed E-state index contributed by atoms with van der Waals surface area (Å²) < 4.78 is 1.56. The van der Waals surface area contributed by atoms with Crippen molar-refractivity contribution in [1.82, 2.24) is 14.5 Å². The molecule has 25 heavy (non-hydrogen) atoms. The van der Waals surface area contributed by atoms with E-state index < -0.39 is 0 Å². The lowest BCUT2D eigenvalue weighted by Crippen LogP contribution is -2.29. The minimum absolute atomic E-state index is 0.0121. The van der Waals surface area contributed by atoms with Crippen molar-refractivity contribution in [2.45, 2.75) is 19.5 Å². The molecule has 0 aliphatic carbocycles. The highest BCUT2D eigenvalue weighted by Gasteiger charge is 2.36. The molecule has 0 radical (unpaired) electrons. The van der Waals surface area contributed by atoms with Crippen molar-refractivity contribution in [2.75, 3.05) is 23.1 Å². The van der Waals surface area contributed by atoms with Crippen LogP contribution in [0, 0.1) is 0 Å². The summed E-state index contributed by atoms with van der Waals surface area (Å²) in [6, 6.07) is -0.270. The fourth-order valence-electron chi connectivity index (χ4n) is 2.48. The Balaban J connectivity index is 1.69. The topological polar surface area (TPSA) is 80.1 Å². The fourth-order valence-corrected chi connectivity index (χ4v) is 3.54. The minimum atomic E-state index is -0.288. The Kier molecular flexibility index (Phi) is 5.12. The number of fused-ring (bicyclic) bond motifs is 1. The van der Waals surface area contributed by atoms with Crippen molar-refractivity contribution in [3.05, 3.63) is 28.1 Å². The molecule has 0 saturated heterocycles. The van der Waals surface area contributed by atoms with E-state index in [0.717, 1.165) is 4.88 Å². The highest BCUT2D eigenvalue weighted by molar-refractivity contribution is 7.16. The van der Waals surface area contributed by atoms with E-state index in [1.807, 2.05) is 14.0 Å². The van der Waals surface area contributed by atoms with Gasteiger partial charge >= 0.3 is 0 Å².